The molecule has 0 aliphatic carbocycles. The van der Waals surface area contributed by atoms with Crippen molar-refractivity contribution in [2.75, 3.05) is 30.3 Å². The molecule has 1 fully saturated rings. The van der Waals surface area contributed by atoms with Crippen LogP contribution in [0.2, 0.25) is 0 Å². The molecule has 3 heteroatoms. The summed E-state index contributed by atoms with van der Waals surface area (Å²) >= 11 is 0. The van der Waals surface area contributed by atoms with Gasteiger partial charge in [0, 0.05) is 31.1 Å². The minimum absolute atomic E-state index is 0.380. The third-order valence-corrected chi connectivity index (χ3v) is 3.34. The maximum absolute atomic E-state index is 5.79. The van der Waals surface area contributed by atoms with E-state index < -0.39 is 0 Å². The summed E-state index contributed by atoms with van der Waals surface area (Å²) in [5.41, 5.74) is 9.17. The van der Waals surface area contributed by atoms with Crippen LogP contribution in [-0.4, -0.2) is 25.8 Å². The summed E-state index contributed by atoms with van der Waals surface area (Å²) in [5, 5.41) is 0. The Hall–Kier alpha value is -1.22. The lowest BCUT2D eigenvalue weighted by Gasteiger charge is -2.35. The molecule has 2 N–H and O–H groups in total. The van der Waals surface area contributed by atoms with Gasteiger partial charge >= 0.3 is 0 Å². The van der Waals surface area contributed by atoms with E-state index >= 15 is 0 Å². The molecule has 0 aromatic heterocycles. The van der Waals surface area contributed by atoms with Crippen molar-refractivity contribution in [2.45, 2.75) is 32.8 Å². The van der Waals surface area contributed by atoms with Crippen molar-refractivity contribution in [3.05, 3.63) is 23.8 Å². The van der Waals surface area contributed by atoms with Gasteiger partial charge in [-0.1, -0.05) is 0 Å². The molecule has 3 nitrogen and oxygen atoms in total. The normalized spacial score (nSPS) is 20.6. The van der Waals surface area contributed by atoms with Crippen molar-refractivity contribution in [2.24, 2.45) is 0 Å². The molecule has 1 atom stereocenters. The maximum Gasteiger partial charge on any atom is 0.0750 e. The van der Waals surface area contributed by atoms with Crippen LogP contribution in [-0.2, 0) is 4.74 Å². The number of hydrogen-bond donors (Lipinski definition) is 1. The van der Waals surface area contributed by atoms with Crippen LogP contribution in [0.5, 0.6) is 0 Å². The van der Waals surface area contributed by atoms with Gasteiger partial charge in [0.25, 0.3) is 0 Å². The fourth-order valence-electron chi connectivity index (χ4n) is 2.56. The van der Waals surface area contributed by atoms with Crippen molar-refractivity contribution >= 4 is 11.4 Å². The molecule has 0 radical (unpaired) electrons. The van der Waals surface area contributed by atoms with Gasteiger partial charge in [-0.2, -0.15) is 0 Å². The van der Waals surface area contributed by atoms with Crippen LogP contribution in [0.25, 0.3) is 0 Å². The lowest BCUT2D eigenvalue weighted by atomic mass is 10.1. The number of piperidine rings is 1. The Morgan fingerprint density at radius 3 is 3.00 bits per heavy atom. The van der Waals surface area contributed by atoms with E-state index in [1.807, 2.05) is 12.1 Å². The fourth-order valence-corrected chi connectivity index (χ4v) is 2.56. The standard InChI is InChI=1S/C14H22N2O/c1-3-17-13-5-4-8-16(10-13)14-7-6-12(15)9-11(14)2/h6-7,9,13H,3-5,8,10,15H2,1-2H3. The monoisotopic (exact) mass is 234 g/mol. The van der Waals surface area contributed by atoms with Gasteiger partial charge in [-0.15, -0.1) is 0 Å². The molecule has 0 saturated carbocycles. The second-order valence-electron chi connectivity index (χ2n) is 4.71. The van der Waals surface area contributed by atoms with Crippen LogP contribution >= 0.6 is 0 Å². The highest BCUT2D eigenvalue weighted by Crippen LogP contribution is 2.26. The van der Waals surface area contributed by atoms with E-state index in [4.69, 9.17) is 10.5 Å². The van der Waals surface area contributed by atoms with E-state index in [9.17, 15) is 0 Å². The zero-order valence-corrected chi connectivity index (χ0v) is 10.8. The Bertz CT molecular complexity index is 376. The van der Waals surface area contributed by atoms with Gasteiger partial charge in [-0.05, 0) is 50.5 Å². The molecule has 17 heavy (non-hydrogen) atoms. The molecule has 0 amide bonds. The molecule has 0 bridgehead atoms. The molecule has 94 valence electrons. The molecule has 1 aromatic carbocycles. The summed E-state index contributed by atoms with van der Waals surface area (Å²) in [7, 11) is 0. The highest BCUT2D eigenvalue weighted by molar-refractivity contribution is 5.59. The van der Waals surface area contributed by atoms with E-state index in [1.165, 1.54) is 24.1 Å². The number of rotatable bonds is 3. The predicted octanol–water partition coefficient (Wildman–Crippen LogP) is 2.58. The summed E-state index contributed by atoms with van der Waals surface area (Å²) < 4.78 is 5.73. The van der Waals surface area contributed by atoms with Crippen molar-refractivity contribution in [3.63, 3.8) is 0 Å². The smallest absolute Gasteiger partial charge is 0.0750 e. The molecule has 2 rings (SSSR count). The van der Waals surface area contributed by atoms with Crippen molar-refractivity contribution < 1.29 is 4.74 Å². The van der Waals surface area contributed by atoms with Gasteiger partial charge in [0.15, 0.2) is 0 Å². The Kier molecular flexibility index (Phi) is 3.89. The zero-order valence-electron chi connectivity index (χ0n) is 10.8. The number of benzene rings is 1. The molecule has 1 aliphatic rings. The molecular formula is C14H22N2O. The number of ether oxygens (including phenoxy) is 1. The second-order valence-corrected chi connectivity index (χ2v) is 4.71. The number of nitrogens with zero attached hydrogens (tertiary/aromatic N) is 1. The van der Waals surface area contributed by atoms with Gasteiger partial charge in [0.05, 0.1) is 6.10 Å². The highest BCUT2D eigenvalue weighted by atomic mass is 16.5. The van der Waals surface area contributed by atoms with Crippen molar-refractivity contribution in [3.8, 4) is 0 Å². The molecule has 1 aliphatic heterocycles. The van der Waals surface area contributed by atoms with E-state index in [2.05, 4.69) is 24.8 Å². The molecule has 0 spiro atoms. The summed E-state index contributed by atoms with van der Waals surface area (Å²) in [6.45, 7) is 7.11. The SMILES string of the molecule is CCOC1CCCN(c2ccc(N)cc2C)C1. The van der Waals surface area contributed by atoms with Crippen LogP contribution in [0.15, 0.2) is 18.2 Å². The molecule has 1 heterocycles. The predicted molar refractivity (Wildman–Crippen MR) is 72.5 cm³/mol. The first kappa shape index (κ1) is 12.2. The van der Waals surface area contributed by atoms with Gasteiger partial charge in [-0.25, -0.2) is 0 Å². The van der Waals surface area contributed by atoms with Crippen LogP contribution in [0.4, 0.5) is 11.4 Å². The molecule has 1 unspecified atom stereocenters. The van der Waals surface area contributed by atoms with Crippen LogP contribution in [0.1, 0.15) is 25.3 Å². The van der Waals surface area contributed by atoms with Crippen molar-refractivity contribution in [1.82, 2.24) is 0 Å². The van der Waals surface area contributed by atoms with Crippen LogP contribution < -0.4 is 10.6 Å². The Morgan fingerprint density at radius 1 is 1.47 bits per heavy atom. The summed E-state index contributed by atoms with van der Waals surface area (Å²) in [6, 6.07) is 6.14. The number of anilines is 2. The minimum atomic E-state index is 0.380. The van der Waals surface area contributed by atoms with E-state index in [-0.39, 0.29) is 0 Å². The first-order chi connectivity index (χ1) is 8.20. The highest BCUT2D eigenvalue weighted by Gasteiger charge is 2.21. The van der Waals surface area contributed by atoms with Crippen LogP contribution in [0, 0.1) is 6.92 Å². The van der Waals surface area contributed by atoms with E-state index in [0.29, 0.717) is 6.10 Å². The first-order valence-corrected chi connectivity index (χ1v) is 6.43. The Morgan fingerprint density at radius 2 is 2.29 bits per heavy atom. The number of aryl methyl sites for hydroxylation is 1. The van der Waals surface area contributed by atoms with E-state index in [0.717, 1.165) is 25.4 Å². The maximum atomic E-state index is 5.79. The Labute approximate surface area is 104 Å². The first-order valence-electron chi connectivity index (χ1n) is 6.43. The lowest BCUT2D eigenvalue weighted by molar-refractivity contribution is 0.0526. The fraction of sp³-hybridized carbons (Fsp3) is 0.571. The zero-order chi connectivity index (χ0) is 12.3. The topological polar surface area (TPSA) is 38.5 Å². The van der Waals surface area contributed by atoms with Gasteiger partial charge < -0.3 is 15.4 Å². The quantitative estimate of drug-likeness (QED) is 0.817. The third-order valence-electron chi connectivity index (χ3n) is 3.34. The summed E-state index contributed by atoms with van der Waals surface area (Å²) in [5.74, 6) is 0. The number of nitrogen functional groups attached to an aromatic ring is 1. The second kappa shape index (κ2) is 5.41. The van der Waals surface area contributed by atoms with Gasteiger partial charge in [-0.3, -0.25) is 0 Å². The van der Waals surface area contributed by atoms with E-state index in [1.54, 1.807) is 0 Å². The van der Waals surface area contributed by atoms with Gasteiger partial charge in [0.2, 0.25) is 0 Å². The lowest BCUT2D eigenvalue weighted by Crippen LogP contribution is -2.40. The molecule has 1 aromatic rings. The molecular weight excluding hydrogens is 212 g/mol. The largest absolute Gasteiger partial charge is 0.399 e. The van der Waals surface area contributed by atoms with Gasteiger partial charge in [0.1, 0.15) is 0 Å². The van der Waals surface area contributed by atoms with Crippen molar-refractivity contribution in [1.29, 1.82) is 0 Å². The average Bonchev–Trinajstić information content (AvgIpc) is 2.29. The third kappa shape index (κ3) is 2.91. The number of hydrogen-bond acceptors (Lipinski definition) is 3. The molecule has 1 saturated heterocycles. The van der Waals surface area contributed by atoms with Crippen LogP contribution in [0.3, 0.4) is 0 Å². The Balaban J connectivity index is 2.10. The minimum Gasteiger partial charge on any atom is -0.399 e. The average molecular weight is 234 g/mol. The summed E-state index contributed by atoms with van der Waals surface area (Å²) in [6.07, 6.45) is 2.76. The summed E-state index contributed by atoms with van der Waals surface area (Å²) in [4.78, 5) is 2.42. The number of nitrogens with two attached hydrogens (primary N) is 1.